The molecule has 8 nitrogen and oxygen atoms in total. The number of nitrogens with zero attached hydrogens (tertiary/aromatic N) is 2. The Balaban J connectivity index is 1.90. The van der Waals surface area contributed by atoms with Gasteiger partial charge in [0.25, 0.3) is 10.0 Å². The highest BCUT2D eigenvalue weighted by molar-refractivity contribution is 7.93. The van der Waals surface area contributed by atoms with E-state index in [4.69, 9.17) is 26.9 Å². The summed E-state index contributed by atoms with van der Waals surface area (Å²) >= 11 is 6.28. The molecule has 3 rings (SSSR count). The molecule has 0 aromatic heterocycles. The topological polar surface area (TPSA) is 111 Å². The number of hydrogen-bond donors (Lipinski definition) is 1. The van der Waals surface area contributed by atoms with E-state index in [-0.39, 0.29) is 22.9 Å². The maximum Gasteiger partial charge on any atom is 0.307 e. The third kappa shape index (κ3) is 7.49. The number of hydrogen-bond acceptors (Lipinski definition) is 7. The monoisotopic (exact) mass is 557 g/mol. The Hall–Kier alpha value is -3.56. The Morgan fingerprint density at radius 1 is 1.13 bits per heavy atom. The molecule has 0 spiro atoms. The summed E-state index contributed by atoms with van der Waals surface area (Å²) in [7, 11) is -4.13. The van der Waals surface area contributed by atoms with Gasteiger partial charge in [0.05, 0.1) is 42.6 Å². The maximum absolute atomic E-state index is 13.9. The van der Waals surface area contributed by atoms with Crippen LogP contribution in [0.4, 0.5) is 5.69 Å². The number of carbonyl (C=O) groups excluding carboxylic acids is 1. The third-order valence-electron chi connectivity index (χ3n) is 5.69. The second kappa shape index (κ2) is 13.3. The van der Waals surface area contributed by atoms with Crippen LogP contribution >= 0.6 is 11.6 Å². The van der Waals surface area contributed by atoms with E-state index in [0.29, 0.717) is 24.5 Å². The molecule has 202 valence electrons. The number of aryl methyl sites for hydroxylation is 1. The van der Waals surface area contributed by atoms with Crippen LogP contribution in [0.25, 0.3) is 0 Å². The highest BCUT2D eigenvalue weighted by atomic mass is 35.5. The van der Waals surface area contributed by atoms with Crippen LogP contribution in [0.3, 0.4) is 0 Å². The first-order chi connectivity index (χ1) is 18.1. The van der Waals surface area contributed by atoms with Gasteiger partial charge >= 0.3 is 5.97 Å². The van der Waals surface area contributed by atoms with Gasteiger partial charge in [-0.1, -0.05) is 48.0 Å². The third-order valence-corrected chi connectivity index (χ3v) is 8.14. The van der Waals surface area contributed by atoms with E-state index >= 15 is 0 Å². The fraction of sp³-hybridized carbons (Fsp3) is 0.286. The number of halogens is 1. The van der Waals surface area contributed by atoms with Crippen LogP contribution in [0, 0.1) is 6.92 Å². The summed E-state index contributed by atoms with van der Waals surface area (Å²) in [5, 5.41) is 3.61. The lowest BCUT2D eigenvalue weighted by atomic mass is 10.1. The summed E-state index contributed by atoms with van der Waals surface area (Å²) in [4.78, 5) is 12.2. The molecule has 3 aromatic carbocycles. The van der Waals surface area contributed by atoms with Crippen molar-refractivity contribution >= 4 is 39.5 Å². The summed E-state index contributed by atoms with van der Waals surface area (Å²) in [5.74, 6) is 5.21. The highest BCUT2D eigenvalue weighted by Crippen LogP contribution is 2.34. The average Bonchev–Trinajstić information content (AvgIpc) is 2.85. The minimum Gasteiger partial charge on any atom is -0.493 e. The summed E-state index contributed by atoms with van der Waals surface area (Å²) in [6.45, 7) is 5.79. The number of sulfonamides is 1. The van der Waals surface area contributed by atoms with E-state index in [2.05, 4.69) is 5.10 Å². The smallest absolute Gasteiger partial charge is 0.307 e. The Morgan fingerprint density at radius 2 is 1.84 bits per heavy atom. The maximum atomic E-state index is 13.9. The minimum atomic E-state index is -4.13. The first kappa shape index (κ1) is 29.0. The summed E-state index contributed by atoms with van der Waals surface area (Å²) in [5.41, 5.74) is 3.13. The van der Waals surface area contributed by atoms with Gasteiger partial charge in [0.2, 0.25) is 0 Å². The van der Waals surface area contributed by atoms with Gasteiger partial charge in [0, 0.05) is 12.5 Å². The van der Waals surface area contributed by atoms with E-state index in [1.807, 2.05) is 37.3 Å². The van der Waals surface area contributed by atoms with Crippen molar-refractivity contribution in [3.05, 3.63) is 88.4 Å². The normalized spacial score (nSPS) is 12.3. The van der Waals surface area contributed by atoms with Gasteiger partial charge in [-0.25, -0.2) is 8.42 Å². The van der Waals surface area contributed by atoms with Crippen molar-refractivity contribution in [2.24, 2.45) is 10.9 Å². The van der Waals surface area contributed by atoms with Gasteiger partial charge in [0.1, 0.15) is 10.6 Å². The molecule has 0 aliphatic rings. The molecular formula is C28H32ClN3O5S. The number of anilines is 1. The van der Waals surface area contributed by atoms with Crippen molar-refractivity contribution in [3.63, 3.8) is 0 Å². The first-order valence-corrected chi connectivity index (χ1v) is 14.0. The van der Waals surface area contributed by atoms with Gasteiger partial charge in [-0.15, -0.1) is 0 Å². The van der Waals surface area contributed by atoms with Crippen molar-refractivity contribution in [2.75, 3.05) is 17.5 Å². The summed E-state index contributed by atoms with van der Waals surface area (Å²) in [6.07, 6.45) is 2.08. The number of rotatable bonds is 12. The molecule has 0 fully saturated rings. The number of hydrazone groups is 1. The van der Waals surface area contributed by atoms with E-state index < -0.39 is 22.0 Å². The number of ether oxygens (including phenoxy) is 2. The van der Waals surface area contributed by atoms with Crippen LogP contribution in [0.5, 0.6) is 5.75 Å². The zero-order valence-electron chi connectivity index (χ0n) is 21.6. The van der Waals surface area contributed by atoms with Crippen molar-refractivity contribution in [1.29, 1.82) is 0 Å². The second-order valence-corrected chi connectivity index (χ2v) is 10.9. The van der Waals surface area contributed by atoms with Crippen molar-refractivity contribution in [1.82, 2.24) is 0 Å². The minimum absolute atomic E-state index is 0.0514. The van der Waals surface area contributed by atoms with E-state index in [1.165, 1.54) is 16.4 Å². The predicted octanol–water partition coefficient (Wildman–Crippen LogP) is 5.10. The van der Waals surface area contributed by atoms with Gasteiger partial charge in [-0.3, -0.25) is 9.10 Å². The Labute approximate surface area is 229 Å². The predicted molar refractivity (Wildman–Crippen MR) is 150 cm³/mol. The quantitative estimate of drug-likeness (QED) is 0.143. The zero-order chi connectivity index (χ0) is 27.7. The SMILES string of the molecule is CCOC(=O)CC(C)N(c1cc(C)cc(OCCc2ccc(C=NN)cc2)c1)S(=O)(=O)c1ccccc1Cl. The van der Waals surface area contributed by atoms with Crippen molar-refractivity contribution in [3.8, 4) is 5.75 Å². The van der Waals surface area contributed by atoms with Crippen molar-refractivity contribution in [2.45, 2.75) is 44.6 Å². The molecule has 0 amide bonds. The lowest BCUT2D eigenvalue weighted by Crippen LogP contribution is -2.40. The highest BCUT2D eigenvalue weighted by Gasteiger charge is 2.33. The van der Waals surface area contributed by atoms with Crippen LogP contribution in [0.15, 0.2) is 76.7 Å². The molecule has 0 bridgehead atoms. The van der Waals surface area contributed by atoms with E-state index in [9.17, 15) is 13.2 Å². The molecule has 0 heterocycles. The largest absolute Gasteiger partial charge is 0.493 e. The molecule has 0 saturated carbocycles. The lowest BCUT2D eigenvalue weighted by molar-refractivity contribution is -0.143. The fourth-order valence-electron chi connectivity index (χ4n) is 4.02. The zero-order valence-corrected chi connectivity index (χ0v) is 23.2. The molecule has 0 saturated heterocycles. The molecule has 0 aliphatic heterocycles. The van der Waals surface area contributed by atoms with Gasteiger partial charge in [-0.2, -0.15) is 5.10 Å². The van der Waals surface area contributed by atoms with Gasteiger partial charge < -0.3 is 15.3 Å². The van der Waals surface area contributed by atoms with Gasteiger partial charge in [0.15, 0.2) is 0 Å². The van der Waals surface area contributed by atoms with Crippen LogP contribution < -0.4 is 14.9 Å². The molecule has 3 aromatic rings. The fourth-order valence-corrected chi connectivity index (χ4v) is 6.15. The number of carbonyl (C=O) groups is 1. The number of benzene rings is 3. The summed E-state index contributed by atoms with van der Waals surface area (Å²) < 4.78 is 40.0. The Morgan fingerprint density at radius 3 is 2.50 bits per heavy atom. The average molecular weight is 558 g/mol. The summed E-state index contributed by atoms with van der Waals surface area (Å²) in [6, 6.07) is 18.5. The molecule has 1 atom stereocenters. The van der Waals surface area contributed by atoms with E-state index in [0.717, 1.165) is 16.7 Å². The molecule has 0 aliphatic carbocycles. The molecule has 2 N–H and O–H groups in total. The van der Waals surface area contributed by atoms with Crippen LogP contribution in [0.1, 0.15) is 37.0 Å². The molecule has 38 heavy (non-hydrogen) atoms. The molecule has 10 heteroatoms. The molecule has 0 radical (unpaired) electrons. The van der Waals surface area contributed by atoms with Crippen molar-refractivity contribution < 1.29 is 22.7 Å². The standard InChI is InChI=1S/C28H32ClN3O5S/c1-4-36-28(33)17-21(3)32(38(34,35)27-8-6-5-7-26(27)29)24-15-20(2)16-25(18-24)37-14-13-22-9-11-23(12-10-22)19-31-30/h5-12,15-16,18-19,21H,4,13-14,17,30H2,1-3H3. The van der Waals surface area contributed by atoms with Crippen LogP contribution in [-0.2, 0) is 26.0 Å². The van der Waals surface area contributed by atoms with E-state index in [1.54, 1.807) is 44.3 Å². The second-order valence-electron chi connectivity index (χ2n) is 8.71. The molecule has 1 unspecified atom stereocenters. The Kier molecular flexibility index (Phi) is 10.2. The van der Waals surface area contributed by atoms with Crippen LogP contribution in [0.2, 0.25) is 5.02 Å². The van der Waals surface area contributed by atoms with Gasteiger partial charge in [-0.05, 0) is 61.7 Å². The Bertz CT molecular complexity index is 1380. The van der Waals surface area contributed by atoms with Crippen LogP contribution in [-0.4, -0.2) is 39.9 Å². The number of nitrogens with two attached hydrogens (primary N) is 1. The number of esters is 1. The lowest BCUT2D eigenvalue weighted by Gasteiger charge is -2.31. The molecular weight excluding hydrogens is 526 g/mol. The first-order valence-electron chi connectivity index (χ1n) is 12.2.